The number of nitrogens with zero attached hydrogens (tertiary/aromatic N) is 2. The highest BCUT2D eigenvalue weighted by atomic mass is 16.5. The lowest BCUT2D eigenvalue weighted by atomic mass is 10.3. The van der Waals surface area contributed by atoms with Crippen LogP contribution in [0.1, 0.15) is 26.7 Å². The van der Waals surface area contributed by atoms with Gasteiger partial charge in [0, 0.05) is 6.54 Å². The molecule has 1 heterocycles. The lowest BCUT2D eigenvalue weighted by Gasteiger charge is -2.10. The van der Waals surface area contributed by atoms with Crippen molar-refractivity contribution in [2.45, 2.75) is 39.3 Å². The molecule has 0 radical (unpaired) electrons. The first kappa shape index (κ1) is 11.6. The SMILES string of the molecule is CCCn1cc(OC(CC)C(=O)O)cn1. The average molecular weight is 212 g/mol. The molecular weight excluding hydrogens is 196 g/mol. The third kappa shape index (κ3) is 3.27. The molecule has 5 heteroatoms. The molecule has 0 spiro atoms. The van der Waals surface area contributed by atoms with Crippen LogP contribution < -0.4 is 4.74 Å². The van der Waals surface area contributed by atoms with Gasteiger partial charge in [-0.25, -0.2) is 4.79 Å². The summed E-state index contributed by atoms with van der Waals surface area (Å²) in [6.07, 6.45) is 3.89. The van der Waals surface area contributed by atoms with Gasteiger partial charge in [-0.1, -0.05) is 13.8 Å². The Labute approximate surface area is 88.7 Å². The summed E-state index contributed by atoms with van der Waals surface area (Å²) in [6.45, 7) is 4.64. The maximum atomic E-state index is 10.7. The second-order valence-corrected chi connectivity index (χ2v) is 3.29. The van der Waals surface area contributed by atoms with Gasteiger partial charge in [-0.2, -0.15) is 5.10 Å². The van der Waals surface area contributed by atoms with Crippen LogP contribution in [0.4, 0.5) is 0 Å². The summed E-state index contributed by atoms with van der Waals surface area (Å²) in [6, 6.07) is 0. The molecule has 1 atom stereocenters. The van der Waals surface area contributed by atoms with E-state index in [0.717, 1.165) is 13.0 Å². The third-order valence-corrected chi connectivity index (χ3v) is 1.99. The minimum Gasteiger partial charge on any atom is -0.479 e. The number of carboxylic acids is 1. The van der Waals surface area contributed by atoms with Gasteiger partial charge in [-0.3, -0.25) is 4.68 Å². The summed E-state index contributed by atoms with van der Waals surface area (Å²) >= 11 is 0. The van der Waals surface area contributed by atoms with Gasteiger partial charge in [-0.15, -0.1) is 0 Å². The van der Waals surface area contributed by atoms with E-state index in [9.17, 15) is 4.79 Å². The fourth-order valence-corrected chi connectivity index (χ4v) is 1.23. The predicted molar refractivity (Wildman–Crippen MR) is 54.9 cm³/mol. The van der Waals surface area contributed by atoms with E-state index in [2.05, 4.69) is 5.10 Å². The molecule has 15 heavy (non-hydrogen) atoms. The normalized spacial score (nSPS) is 12.4. The molecule has 0 aliphatic rings. The van der Waals surface area contributed by atoms with Crippen molar-refractivity contribution in [2.24, 2.45) is 0 Å². The monoisotopic (exact) mass is 212 g/mol. The topological polar surface area (TPSA) is 64.3 Å². The van der Waals surface area contributed by atoms with Gasteiger partial charge in [0.1, 0.15) is 0 Å². The number of ether oxygens (including phenoxy) is 1. The van der Waals surface area contributed by atoms with E-state index < -0.39 is 12.1 Å². The fraction of sp³-hybridized carbons (Fsp3) is 0.600. The van der Waals surface area contributed by atoms with Crippen molar-refractivity contribution in [3.8, 4) is 5.75 Å². The van der Waals surface area contributed by atoms with Crippen LogP contribution in [0.3, 0.4) is 0 Å². The molecule has 1 aromatic heterocycles. The number of aromatic nitrogens is 2. The zero-order valence-electron chi connectivity index (χ0n) is 9.01. The van der Waals surface area contributed by atoms with E-state index in [1.807, 2.05) is 6.92 Å². The van der Waals surface area contributed by atoms with Crippen LogP contribution in [0, 0.1) is 0 Å². The highest BCUT2D eigenvalue weighted by Gasteiger charge is 2.17. The maximum absolute atomic E-state index is 10.7. The molecule has 0 amide bonds. The van der Waals surface area contributed by atoms with Crippen LogP contribution >= 0.6 is 0 Å². The van der Waals surface area contributed by atoms with Gasteiger partial charge in [0.25, 0.3) is 0 Å². The van der Waals surface area contributed by atoms with Gasteiger partial charge in [0.05, 0.1) is 12.4 Å². The van der Waals surface area contributed by atoms with Crippen LogP contribution in [0.15, 0.2) is 12.4 Å². The smallest absolute Gasteiger partial charge is 0.344 e. The van der Waals surface area contributed by atoms with Crippen molar-refractivity contribution in [1.82, 2.24) is 9.78 Å². The molecule has 0 aliphatic carbocycles. The zero-order chi connectivity index (χ0) is 11.3. The molecule has 0 bridgehead atoms. The highest BCUT2D eigenvalue weighted by molar-refractivity contribution is 5.72. The first-order valence-corrected chi connectivity index (χ1v) is 5.09. The number of hydrogen-bond donors (Lipinski definition) is 1. The Morgan fingerprint density at radius 3 is 2.93 bits per heavy atom. The molecular formula is C10H16N2O3. The minimum atomic E-state index is -0.944. The van der Waals surface area contributed by atoms with Crippen LogP contribution in [-0.2, 0) is 11.3 Å². The molecule has 0 aromatic carbocycles. The molecule has 0 saturated heterocycles. The standard InChI is InChI=1S/C10H16N2O3/c1-3-5-12-7-8(6-11-12)15-9(4-2)10(13)14/h6-7,9H,3-5H2,1-2H3,(H,13,14). The fourth-order valence-electron chi connectivity index (χ4n) is 1.23. The first-order chi connectivity index (χ1) is 7.17. The predicted octanol–water partition coefficient (Wildman–Crippen LogP) is 1.54. The summed E-state index contributed by atoms with van der Waals surface area (Å²) < 4.78 is 7.01. The number of carboxylic acid groups (broad SMARTS) is 1. The van der Waals surface area contributed by atoms with Gasteiger partial charge in [0.2, 0.25) is 0 Å². The largest absolute Gasteiger partial charge is 0.479 e. The zero-order valence-corrected chi connectivity index (χ0v) is 9.01. The van der Waals surface area contributed by atoms with Crippen LogP contribution in [-0.4, -0.2) is 27.0 Å². The van der Waals surface area contributed by atoms with Crippen LogP contribution in [0.25, 0.3) is 0 Å². The van der Waals surface area contributed by atoms with E-state index in [1.54, 1.807) is 24.0 Å². The summed E-state index contributed by atoms with van der Waals surface area (Å²) in [7, 11) is 0. The van der Waals surface area contributed by atoms with E-state index >= 15 is 0 Å². The number of aliphatic carboxylic acids is 1. The van der Waals surface area contributed by atoms with E-state index in [-0.39, 0.29) is 0 Å². The molecule has 84 valence electrons. The van der Waals surface area contributed by atoms with E-state index in [0.29, 0.717) is 12.2 Å². The Balaban J connectivity index is 2.59. The second kappa shape index (κ2) is 5.38. The van der Waals surface area contributed by atoms with Crippen molar-refractivity contribution >= 4 is 5.97 Å². The molecule has 0 aliphatic heterocycles. The van der Waals surface area contributed by atoms with Gasteiger partial charge >= 0.3 is 5.97 Å². The second-order valence-electron chi connectivity index (χ2n) is 3.29. The van der Waals surface area contributed by atoms with Crippen LogP contribution in [0.2, 0.25) is 0 Å². The summed E-state index contributed by atoms with van der Waals surface area (Å²) in [4.78, 5) is 10.7. The van der Waals surface area contributed by atoms with Gasteiger partial charge < -0.3 is 9.84 Å². The molecule has 0 saturated carbocycles. The Kier molecular flexibility index (Phi) is 4.15. The molecule has 1 N–H and O–H groups in total. The van der Waals surface area contributed by atoms with Crippen molar-refractivity contribution in [2.75, 3.05) is 0 Å². The Morgan fingerprint density at radius 1 is 1.67 bits per heavy atom. The van der Waals surface area contributed by atoms with E-state index in [4.69, 9.17) is 9.84 Å². The highest BCUT2D eigenvalue weighted by Crippen LogP contribution is 2.12. The maximum Gasteiger partial charge on any atom is 0.344 e. The van der Waals surface area contributed by atoms with E-state index in [1.165, 1.54) is 0 Å². The summed E-state index contributed by atoms with van der Waals surface area (Å²) in [5.74, 6) is -0.432. The van der Waals surface area contributed by atoms with Crippen molar-refractivity contribution in [1.29, 1.82) is 0 Å². The summed E-state index contributed by atoms with van der Waals surface area (Å²) in [5.41, 5.74) is 0. The van der Waals surface area contributed by atoms with Gasteiger partial charge in [-0.05, 0) is 12.8 Å². The number of rotatable bonds is 6. The van der Waals surface area contributed by atoms with Crippen molar-refractivity contribution in [3.63, 3.8) is 0 Å². The third-order valence-electron chi connectivity index (χ3n) is 1.99. The number of hydrogen-bond acceptors (Lipinski definition) is 3. The molecule has 1 aromatic rings. The Hall–Kier alpha value is -1.52. The Morgan fingerprint density at radius 2 is 2.40 bits per heavy atom. The average Bonchev–Trinajstić information content (AvgIpc) is 2.62. The first-order valence-electron chi connectivity index (χ1n) is 5.09. The molecule has 1 rings (SSSR count). The molecule has 1 unspecified atom stereocenters. The molecule has 0 fully saturated rings. The lowest BCUT2D eigenvalue weighted by molar-refractivity contribution is -0.145. The van der Waals surface area contributed by atoms with Gasteiger partial charge in [0.15, 0.2) is 11.9 Å². The number of aryl methyl sites for hydroxylation is 1. The quantitative estimate of drug-likeness (QED) is 0.776. The lowest BCUT2D eigenvalue weighted by Crippen LogP contribution is -2.25. The van der Waals surface area contributed by atoms with Crippen molar-refractivity contribution < 1.29 is 14.6 Å². The minimum absolute atomic E-state index is 0.439. The Bertz CT molecular complexity index is 322. The molecule has 5 nitrogen and oxygen atoms in total. The summed E-state index contributed by atoms with van der Waals surface area (Å²) in [5, 5.41) is 12.8. The van der Waals surface area contributed by atoms with Crippen molar-refractivity contribution in [3.05, 3.63) is 12.4 Å². The number of carbonyl (C=O) groups is 1. The van der Waals surface area contributed by atoms with Crippen LogP contribution in [0.5, 0.6) is 5.75 Å².